The van der Waals surface area contributed by atoms with E-state index >= 15 is 0 Å². The van der Waals surface area contributed by atoms with Gasteiger partial charge in [-0.05, 0) is 29.8 Å². The molecule has 2 saturated heterocycles. The van der Waals surface area contributed by atoms with Crippen molar-refractivity contribution < 1.29 is 4.79 Å². The Balaban J connectivity index is 1.24. The van der Waals surface area contributed by atoms with E-state index in [-0.39, 0.29) is 11.9 Å². The molecule has 1 N–H and O–H groups in total. The number of amides is 1. The van der Waals surface area contributed by atoms with Crippen LogP contribution >= 0.6 is 0 Å². The molecule has 2 fully saturated rings. The second kappa shape index (κ2) is 9.40. The predicted molar refractivity (Wildman–Crippen MR) is 128 cm³/mol. The van der Waals surface area contributed by atoms with E-state index in [1.807, 2.05) is 29.2 Å². The van der Waals surface area contributed by atoms with Crippen LogP contribution < -0.4 is 15.1 Å². The van der Waals surface area contributed by atoms with Crippen molar-refractivity contribution in [1.29, 1.82) is 0 Å². The number of nitrogens with one attached hydrogen (secondary N) is 1. The first kappa shape index (κ1) is 20.5. The van der Waals surface area contributed by atoms with Crippen LogP contribution in [0.15, 0.2) is 79.0 Å². The Morgan fingerprint density at radius 3 is 2.31 bits per heavy atom. The number of carbonyl (C=O) groups is 1. The van der Waals surface area contributed by atoms with E-state index in [9.17, 15) is 4.79 Å². The van der Waals surface area contributed by atoms with Crippen LogP contribution in [0.4, 0.5) is 11.5 Å². The van der Waals surface area contributed by atoms with Gasteiger partial charge in [0.2, 0.25) is 0 Å². The van der Waals surface area contributed by atoms with Gasteiger partial charge in [0.15, 0.2) is 0 Å². The average Bonchev–Trinajstić information content (AvgIpc) is 2.89. The topological polar surface area (TPSA) is 51.7 Å². The second-order valence-corrected chi connectivity index (χ2v) is 8.38. The first-order valence-electron chi connectivity index (χ1n) is 11.4. The molecule has 1 amide bonds. The molecule has 6 nitrogen and oxygen atoms in total. The smallest absolute Gasteiger partial charge is 0.254 e. The molecular formula is C26H29N5O. The Hall–Kier alpha value is -3.38. The van der Waals surface area contributed by atoms with Crippen LogP contribution in [-0.4, -0.2) is 61.6 Å². The van der Waals surface area contributed by atoms with Crippen LogP contribution in [0.1, 0.15) is 22.0 Å². The lowest BCUT2D eigenvalue weighted by atomic mass is 10.0. The zero-order chi connectivity index (χ0) is 21.8. The fourth-order valence-electron chi connectivity index (χ4n) is 4.58. The van der Waals surface area contributed by atoms with E-state index in [4.69, 9.17) is 0 Å². The molecule has 0 spiro atoms. The summed E-state index contributed by atoms with van der Waals surface area (Å²) < 4.78 is 0. The summed E-state index contributed by atoms with van der Waals surface area (Å²) in [4.78, 5) is 24.4. The van der Waals surface area contributed by atoms with E-state index in [0.717, 1.165) is 57.2 Å². The molecule has 1 atom stereocenters. The summed E-state index contributed by atoms with van der Waals surface area (Å²) in [5, 5.41) is 3.59. The predicted octanol–water partition coefficient (Wildman–Crippen LogP) is 3.19. The van der Waals surface area contributed by atoms with Crippen LogP contribution in [0, 0.1) is 0 Å². The monoisotopic (exact) mass is 427 g/mol. The van der Waals surface area contributed by atoms with Crippen molar-refractivity contribution in [2.24, 2.45) is 0 Å². The maximum Gasteiger partial charge on any atom is 0.254 e. The van der Waals surface area contributed by atoms with Gasteiger partial charge >= 0.3 is 0 Å². The molecule has 2 aromatic carbocycles. The normalized spacial score (nSPS) is 19.1. The minimum atomic E-state index is 0.0936. The number of hydrogen-bond donors (Lipinski definition) is 1. The number of aromatic nitrogens is 1. The lowest BCUT2D eigenvalue weighted by molar-refractivity contribution is 0.0746. The standard InChI is InChI=1S/C26H29N5O/c32-26(30-17-15-29(16-18-30)23-9-5-2-6-10-23)22-11-12-28-25(19-22)31-14-13-27-24(20-31)21-7-3-1-4-8-21/h1-12,19,24,27H,13-18,20H2/t24-/m1/s1. The van der Waals surface area contributed by atoms with Crippen molar-refractivity contribution >= 4 is 17.4 Å². The van der Waals surface area contributed by atoms with Gasteiger partial charge in [-0.2, -0.15) is 0 Å². The number of rotatable bonds is 4. The van der Waals surface area contributed by atoms with Gasteiger partial charge in [0.25, 0.3) is 5.91 Å². The molecule has 0 aliphatic carbocycles. The fraction of sp³-hybridized carbons (Fsp3) is 0.308. The summed E-state index contributed by atoms with van der Waals surface area (Å²) >= 11 is 0. The second-order valence-electron chi connectivity index (χ2n) is 8.38. The third-order valence-electron chi connectivity index (χ3n) is 6.38. The van der Waals surface area contributed by atoms with E-state index in [2.05, 4.69) is 68.6 Å². The highest BCUT2D eigenvalue weighted by Gasteiger charge is 2.25. The van der Waals surface area contributed by atoms with Gasteiger partial charge in [-0.3, -0.25) is 4.79 Å². The largest absolute Gasteiger partial charge is 0.368 e. The number of carbonyl (C=O) groups excluding carboxylic acids is 1. The molecule has 164 valence electrons. The zero-order valence-corrected chi connectivity index (χ0v) is 18.2. The SMILES string of the molecule is O=C(c1ccnc(N2CCN[C@@H](c3ccccc3)C2)c1)N1CCN(c2ccccc2)CC1. The van der Waals surface area contributed by atoms with E-state index < -0.39 is 0 Å². The Morgan fingerprint density at radius 1 is 0.844 bits per heavy atom. The molecule has 32 heavy (non-hydrogen) atoms. The van der Waals surface area contributed by atoms with Gasteiger partial charge in [-0.1, -0.05) is 48.5 Å². The molecule has 2 aliphatic heterocycles. The van der Waals surface area contributed by atoms with Gasteiger partial charge in [-0.25, -0.2) is 4.98 Å². The Morgan fingerprint density at radius 2 is 1.56 bits per heavy atom. The minimum absolute atomic E-state index is 0.0936. The maximum absolute atomic E-state index is 13.2. The molecule has 5 rings (SSSR count). The van der Waals surface area contributed by atoms with Crippen LogP contribution in [-0.2, 0) is 0 Å². The fourth-order valence-corrected chi connectivity index (χ4v) is 4.58. The Kier molecular flexibility index (Phi) is 6.03. The lowest BCUT2D eigenvalue weighted by Crippen LogP contribution is -2.49. The highest BCUT2D eigenvalue weighted by Crippen LogP contribution is 2.23. The highest BCUT2D eigenvalue weighted by molar-refractivity contribution is 5.95. The van der Waals surface area contributed by atoms with E-state index in [1.54, 1.807) is 6.20 Å². The van der Waals surface area contributed by atoms with Crippen molar-refractivity contribution in [2.75, 3.05) is 55.6 Å². The van der Waals surface area contributed by atoms with Crippen LogP contribution in [0.25, 0.3) is 0 Å². The number of nitrogens with zero attached hydrogens (tertiary/aromatic N) is 4. The third kappa shape index (κ3) is 4.46. The molecule has 2 aliphatic rings. The van der Waals surface area contributed by atoms with Gasteiger partial charge < -0.3 is 20.0 Å². The number of para-hydroxylation sites is 1. The molecular weight excluding hydrogens is 398 g/mol. The molecule has 0 unspecified atom stereocenters. The molecule has 1 aromatic heterocycles. The summed E-state index contributed by atoms with van der Waals surface area (Å²) in [6.07, 6.45) is 1.77. The van der Waals surface area contributed by atoms with Crippen molar-refractivity contribution in [1.82, 2.24) is 15.2 Å². The van der Waals surface area contributed by atoms with Crippen molar-refractivity contribution in [3.05, 3.63) is 90.1 Å². The molecule has 0 radical (unpaired) electrons. The minimum Gasteiger partial charge on any atom is -0.368 e. The molecule has 0 saturated carbocycles. The van der Waals surface area contributed by atoms with E-state index in [0.29, 0.717) is 0 Å². The zero-order valence-electron chi connectivity index (χ0n) is 18.2. The van der Waals surface area contributed by atoms with Gasteiger partial charge in [0.05, 0.1) is 0 Å². The van der Waals surface area contributed by atoms with Gasteiger partial charge in [-0.15, -0.1) is 0 Å². The highest BCUT2D eigenvalue weighted by atomic mass is 16.2. The van der Waals surface area contributed by atoms with Crippen molar-refractivity contribution in [2.45, 2.75) is 6.04 Å². The Labute approximate surface area is 189 Å². The first-order chi connectivity index (χ1) is 15.8. The molecule has 3 aromatic rings. The van der Waals surface area contributed by atoms with Gasteiger partial charge in [0, 0.05) is 69.3 Å². The molecule has 6 heteroatoms. The number of benzene rings is 2. The van der Waals surface area contributed by atoms with Crippen molar-refractivity contribution in [3.63, 3.8) is 0 Å². The molecule has 3 heterocycles. The number of anilines is 2. The number of hydrogen-bond acceptors (Lipinski definition) is 5. The summed E-state index contributed by atoms with van der Waals surface area (Å²) in [5.74, 6) is 0.970. The van der Waals surface area contributed by atoms with Crippen LogP contribution in [0.3, 0.4) is 0 Å². The average molecular weight is 428 g/mol. The summed E-state index contributed by atoms with van der Waals surface area (Å²) in [7, 11) is 0. The molecule has 0 bridgehead atoms. The van der Waals surface area contributed by atoms with Crippen LogP contribution in [0.2, 0.25) is 0 Å². The summed E-state index contributed by atoms with van der Waals surface area (Å²) in [5.41, 5.74) is 3.22. The summed E-state index contributed by atoms with van der Waals surface area (Å²) in [6, 6.07) is 25.0. The van der Waals surface area contributed by atoms with E-state index in [1.165, 1.54) is 11.3 Å². The Bertz CT molecular complexity index is 1030. The first-order valence-corrected chi connectivity index (χ1v) is 11.4. The maximum atomic E-state index is 13.2. The quantitative estimate of drug-likeness (QED) is 0.693. The summed E-state index contributed by atoms with van der Waals surface area (Å²) in [6.45, 7) is 5.77. The third-order valence-corrected chi connectivity index (χ3v) is 6.38. The van der Waals surface area contributed by atoms with Gasteiger partial charge in [0.1, 0.15) is 5.82 Å². The van der Waals surface area contributed by atoms with Crippen molar-refractivity contribution in [3.8, 4) is 0 Å². The number of pyridine rings is 1. The lowest BCUT2D eigenvalue weighted by Gasteiger charge is -2.36. The van der Waals surface area contributed by atoms with Crippen LogP contribution in [0.5, 0.6) is 0 Å². The number of piperazine rings is 2.